The average molecular weight is 521 g/mol. The van der Waals surface area contributed by atoms with Crippen LogP contribution in [0, 0.1) is 25.2 Å². The van der Waals surface area contributed by atoms with E-state index in [1.165, 1.54) is 18.3 Å². The maximum atomic E-state index is 11.4. The van der Waals surface area contributed by atoms with Crippen LogP contribution in [0.15, 0.2) is 92.7 Å². The van der Waals surface area contributed by atoms with Crippen LogP contribution in [-0.2, 0) is 0 Å². The first-order valence-electron chi connectivity index (χ1n) is 11.7. The van der Waals surface area contributed by atoms with Crippen molar-refractivity contribution in [3.63, 3.8) is 0 Å². The van der Waals surface area contributed by atoms with Crippen LogP contribution in [0.25, 0.3) is 33.8 Å². The predicted molar refractivity (Wildman–Crippen MR) is 147 cm³/mol. The first-order valence-corrected chi connectivity index (χ1v) is 12.1. The molecular formula is C31H21ClN2O4. The van der Waals surface area contributed by atoms with Crippen LogP contribution in [0.3, 0.4) is 0 Å². The van der Waals surface area contributed by atoms with Crippen molar-refractivity contribution in [2.24, 2.45) is 4.99 Å². The molecule has 2 aromatic heterocycles. The molecule has 2 heterocycles. The third-order valence-corrected chi connectivity index (χ3v) is 6.40. The maximum absolute atomic E-state index is 11.4. The van der Waals surface area contributed by atoms with E-state index >= 15 is 0 Å². The normalized spacial score (nSPS) is 11.1. The van der Waals surface area contributed by atoms with Gasteiger partial charge in [-0.2, -0.15) is 5.26 Å². The van der Waals surface area contributed by atoms with Crippen LogP contribution in [-0.4, -0.2) is 17.3 Å². The summed E-state index contributed by atoms with van der Waals surface area (Å²) in [5.74, 6) is 0.448. The van der Waals surface area contributed by atoms with E-state index < -0.39 is 5.97 Å². The number of furan rings is 2. The minimum Gasteiger partial charge on any atom is -0.478 e. The number of nitrogens with zero attached hydrogens (tertiary/aromatic N) is 2. The minimum absolute atomic E-state index is 0.0164. The fourth-order valence-electron chi connectivity index (χ4n) is 4.06. The SMILES string of the molecule is Cc1ccc(-c2oc(N=Cc3ccc(-c4ccc(Cl)c(C(=O)O)c4)o3)c(C#N)c2-c2ccc(C)cc2)cc1. The molecule has 0 radical (unpaired) electrons. The number of nitriles is 1. The number of carbonyl (C=O) groups is 1. The molecule has 0 amide bonds. The van der Waals surface area contributed by atoms with Gasteiger partial charge in [0.05, 0.1) is 16.8 Å². The van der Waals surface area contributed by atoms with E-state index in [1.807, 2.05) is 62.4 Å². The summed E-state index contributed by atoms with van der Waals surface area (Å²) in [5.41, 5.74) is 5.44. The van der Waals surface area contributed by atoms with Crippen LogP contribution >= 0.6 is 11.6 Å². The average Bonchev–Trinajstić information content (AvgIpc) is 3.53. The molecule has 0 bridgehead atoms. The van der Waals surface area contributed by atoms with Gasteiger partial charge in [0.2, 0.25) is 5.88 Å². The summed E-state index contributed by atoms with van der Waals surface area (Å²) in [5, 5.41) is 19.6. The van der Waals surface area contributed by atoms with Gasteiger partial charge in [-0.05, 0) is 49.7 Å². The Kier molecular flexibility index (Phi) is 6.69. The molecular weight excluding hydrogens is 500 g/mol. The van der Waals surface area contributed by atoms with Gasteiger partial charge in [-0.3, -0.25) is 0 Å². The van der Waals surface area contributed by atoms with Crippen molar-refractivity contribution in [3.05, 3.63) is 112 Å². The lowest BCUT2D eigenvalue weighted by atomic mass is 9.97. The van der Waals surface area contributed by atoms with Gasteiger partial charge in [0.15, 0.2) is 0 Å². The van der Waals surface area contributed by atoms with E-state index in [0.717, 1.165) is 22.3 Å². The minimum atomic E-state index is -1.12. The molecule has 0 fully saturated rings. The van der Waals surface area contributed by atoms with E-state index in [4.69, 9.17) is 20.4 Å². The summed E-state index contributed by atoms with van der Waals surface area (Å²) in [6, 6.07) is 26.1. The number of benzene rings is 3. The van der Waals surface area contributed by atoms with Gasteiger partial charge < -0.3 is 13.9 Å². The van der Waals surface area contributed by atoms with Gasteiger partial charge in [-0.1, -0.05) is 71.3 Å². The molecule has 0 saturated carbocycles. The number of aliphatic imine (C=N–C) groups is 1. The first kappa shape index (κ1) is 24.8. The quantitative estimate of drug-likeness (QED) is 0.226. The summed E-state index contributed by atoms with van der Waals surface area (Å²) in [6.07, 6.45) is 1.47. The number of halogens is 1. The number of rotatable bonds is 6. The highest BCUT2D eigenvalue weighted by molar-refractivity contribution is 6.33. The summed E-state index contributed by atoms with van der Waals surface area (Å²) in [7, 11) is 0. The molecule has 0 unspecified atom stereocenters. The Balaban J connectivity index is 1.55. The van der Waals surface area contributed by atoms with Crippen molar-refractivity contribution < 1.29 is 18.7 Å². The summed E-state index contributed by atoms with van der Waals surface area (Å²) < 4.78 is 12.0. The second-order valence-corrected chi connectivity index (χ2v) is 9.20. The highest BCUT2D eigenvalue weighted by Gasteiger charge is 2.23. The second-order valence-electron chi connectivity index (χ2n) is 8.79. The fraction of sp³-hybridized carbons (Fsp3) is 0.0645. The van der Waals surface area contributed by atoms with E-state index in [2.05, 4.69) is 11.1 Å². The molecule has 0 aliphatic heterocycles. The highest BCUT2D eigenvalue weighted by atomic mass is 35.5. The van der Waals surface area contributed by atoms with E-state index in [1.54, 1.807) is 18.2 Å². The zero-order valence-corrected chi connectivity index (χ0v) is 21.3. The number of carboxylic acid groups (broad SMARTS) is 1. The molecule has 0 aliphatic rings. The number of aromatic carboxylic acids is 1. The van der Waals surface area contributed by atoms with Crippen molar-refractivity contribution in [1.82, 2.24) is 0 Å². The molecule has 0 spiro atoms. The van der Waals surface area contributed by atoms with Crippen LogP contribution in [0.1, 0.15) is 32.8 Å². The molecule has 1 N–H and O–H groups in total. The van der Waals surface area contributed by atoms with Crippen molar-refractivity contribution in [2.75, 3.05) is 0 Å². The number of hydrogen-bond donors (Lipinski definition) is 1. The first-order chi connectivity index (χ1) is 18.3. The van der Waals surface area contributed by atoms with Crippen LogP contribution < -0.4 is 0 Å². The van der Waals surface area contributed by atoms with E-state index in [-0.39, 0.29) is 16.5 Å². The zero-order chi connectivity index (χ0) is 26.8. The molecule has 3 aromatic carbocycles. The molecule has 0 aliphatic carbocycles. The topological polar surface area (TPSA) is 99.7 Å². The molecule has 6 nitrogen and oxygen atoms in total. The highest BCUT2D eigenvalue weighted by Crippen LogP contribution is 2.42. The third-order valence-electron chi connectivity index (χ3n) is 6.07. The summed E-state index contributed by atoms with van der Waals surface area (Å²) in [6.45, 7) is 4.01. The van der Waals surface area contributed by atoms with Crippen molar-refractivity contribution in [3.8, 4) is 39.8 Å². The molecule has 5 rings (SSSR count). The van der Waals surface area contributed by atoms with Crippen LogP contribution in [0.5, 0.6) is 0 Å². The Bertz CT molecular complexity index is 1720. The zero-order valence-electron chi connectivity index (χ0n) is 20.5. The Morgan fingerprint density at radius 2 is 1.53 bits per heavy atom. The summed E-state index contributed by atoms with van der Waals surface area (Å²) in [4.78, 5) is 15.9. The lowest BCUT2D eigenvalue weighted by molar-refractivity contribution is 0.0697. The standard InChI is InChI=1S/C31H21ClN2O4/c1-18-3-7-20(8-4-18)28-25(16-33)30(38-29(28)21-9-5-19(2)6-10-21)34-17-23-12-14-27(37-23)22-11-13-26(32)24(15-22)31(35)36/h3-15,17H,1-2H3,(H,35,36). The van der Waals surface area contributed by atoms with Crippen LogP contribution in [0.4, 0.5) is 5.88 Å². The van der Waals surface area contributed by atoms with Gasteiger partial charge >= 0.3 is 5.97 Å². The number of carboxylic acids is 1. The molecule has 0 atom stereocenters. The predicted octanol–water partition coefficient (Wildman–Crippen LogP) is 8.46. The molecule has 7 heteroatoms. The van der Waals surface area contributed by atoms with Gasteiger partial charge in [0, 0.05) is 16.7 Å². The van der Waals surface area contributed by atoms with Crippen molar-refractivity contribution in [1.29, 1.82) is 5.26 Å². The molecule has 5 aromatic rings. The maximum Gasteiger partial charge on any atom is 0.337 e. The Hall–Kier alpha value is -4.86. The lowest BCUT2D eigenvalue weighted by Gasteiger charge is -2.05. The van der Waals surface area contributed by atoms with E-state index in [9.17, 15) is 15.2 Å². The molecule has 186 valence electrons. The van der Waals surface area contributed by atoms with E-state index in [0.29, 0.717) is 34.0 Å². The largest absolute Gasteiger partial charge is 0.478 e. The van der Waals surface area contributed by atoms with Gasteiger partial charge in [-0.15, -0.1) is 0 Å². The third kappa shape index (κ3) is 4.88. The lowest BCUT2D eigenvalue weighted by Crippen LogP contribution is -1.97. The Morgan fingerprint density at radius 3 is 2.16 bits per heavy atom. The van der Waals surface area contributed by atoms with Crippen molar-refractivity contribution in [2.45, 2.75) is 13.8 Å². The monoisotopic (exact) mass is 520 g/mol. The number of aryl methyl sites for hydroxylation is 2. The molecule has 38 heavy (non-hydrogen) atoms. The fourth-order valence-corrected chi connectivity index (χ4v) is 4.26. The van der Waals surface area contributed by atoms with Gasteiger partial charge in [0.25, 0.3) is 0 Å². The number of hydrogen-bond acceptors (Lipinski definition) is 5. The van der Waals surface area contributed by atoms with Gasteiger partial charge in [0.1, 0.15) is 28.9 Å². The second kappa shape index (κ2) is 10.3. The van der Waals surface area contributed by atoms with Crippen LogP contribution in [0.2, 0.25) is 5.02 Å². The summed E-state index contributed by atoms with van der Waals surface area (Å²) >= 11 is 5.98. The Morgan fingerprint density at radius 1 is 0.895 bits per heavy atom. The van der Waals surface area contributed by atoms with Gasteiger partial charge in [-0.25, -0.2) is 9.79 Å². The van der Waals surface area contributed by atoms with Crippen molar-refractivity contribution >= 4 is 29.7 Å². The molecule has 0 saturated heterocycles. The Labute approximate surface area is 224 Å². The smallest absolute Gasteiger partial charge is 0.337 e.